The van der Waals surface area contributed by atoms with Crippen molar-refractivity contribution in [1.29, 1.82) is 0 Å². The molecule has 4 heterocycles. The quantitative estimate of drug-likeness (QED) is 0.448. The number of furan rings is 1. The van der Waals surface area contributed by atoms with Gasteiger partial charge in [-0.15, -0.1) is 0 Å². The molecular weight excluding hydrogens is 380 g/mol. The van der Waals surface area contributed by atoms with E-state index >= 15 is 0 Å². The molecule has 0 atom stereocenters. The normalized spacial score (nSPS) is 12.6. The van der Waals surface area contributed by atoms with Crippen LogP contribution in [0.2, 0.25) is 0 Å². The van der Waals surface area contributed by atoms with Gasteiger partial charge in [0.25, 0.3) is 0 Å². The van der Waals surface area contributed by atoms with Crippen molar-refractivity contribution in [2.24, 2.45) is 0 Å². The van der Waals surface area contributed by atoms with Crippen molar-refractivity contribution < 1.29 is 13.9 Å². The molecule has 2 aromatic carbocycles. The van der Waals surface area contributed by atoms with E-state index in [4.69, 9.17) is 13.9 Å². The third-order valence-corrected chi connectivity index (χ3v) is 5.11. The number of hydrogen-bond donors (Lipinski definition) is 1. The molecule has 7 nitrogen and oxygen atoms in total. The largest absolute Gasteiger partial charge is 0.454 e. The molecule has 7 heteroatoms. The van der Waals surface area contributed by atoms with Gasteiger partial charge in [-0.2, -0.15) is 0 Å². The second-order valence-corrected chi connectivity index (χ2v) is 7.13. The fourth-order valence-electron chi connectivity index (χ4n) is 3.55. The van der Waals surface area contributed by atoms with E-state index in [1.807, 2.05) is 54.7 Å². The molecule has 6 rings (SSSR count). The Kier molecular flexibility index (Phi) is 3.61. The second-order valence-electron chi connectivity index (χ2n) is 7.13. The number of aromatic nitrogens is 3. The lowest BCUT2D eigenvalue weighted by Gasteiger charge is -2.05. The predicted octanol–water partition coefficient (Wildman–Crippen LogP) is 5.22. The monoisotopic (exact) mass is 396 g/mol. The van der Waals surface area contributed by atoms with Crippen LogP contribution in [0.1, 0.15) is 5.56 Å². The van der Waals surface area contributed by atoms with Crippen molar-refractivity contribution in [3.8, 4) is 22.6 Å². The van der Waals surface area contributed by atoms with Crippen LogP contribution >= 0.6 is 0 Å². The highest BCUT2D eigenvalue weighted by Crippen LogP contribution is 2.37. The zero-order valence-electron chi connectivity index (χ0n) is 16.0. The molecule has 1 aliphatic rings. The zero-order valence-corrected chi connectivity index (χ0v) is 16.0. The molecule has 0 saturated carbocycles. The van der Waals surface area contributed by atoms with Crippen LogP contribution in [0.15, 0.2) is 65.5 Å². The van der Waals surface area contributed by atoms with Crippen LogP contribution in [-0.4, -0.2) is 21.7 Å². The maximum Gasteiger partial charge on any atom is 0.231 e. The zero-order chi connectivity index (χ0) is 20.1. The van der Waals surface area contributed by atoms with Gasteiger partial charge in [-0.1, -0.05) is 23.8 Å². The van der Waals surface area contributed by atoms with Gasteiger partial charge < -0.3 is 19.2 Å². The van der Waals surface area contributed by atoms with Gasteiger partial charge in [0.15, 0.2) is 28.5 Å². The van der Waals surface area contributed by atoms with Crippen molar-refractivity contribution in [2.75, 3.05) is 12.1 Å². The number of ether oxygens (including phenoxy) is 2. The molecular formula is C23H16N4O3. The average Bonchev–Trinajstić information content (AvgIpc) is 3.39. The minimum atomic E-state index is 0.245. The number of fused-ring (bicyclic) bond motifs is 4. The summed E-state index contributed by atoms with van der Waals surface area (Å²) >= 11 is 0. The van der Waals surface area contributed by atoms with Crippen LogP contribution in [0.3, 0.4) is 0 Å². The number of nitrogens with zero attached hydrogens (tertiary/aromatic N) is 3. The molecule has 0 saturated heterocycles. The Bertz CT molecular complexity index is 1410. The Balaban J connectivity index is 1.44. The summed E-state index contributed by atoms with van der Waals surface area (Å²) in [5.41, 5.74) is 6.60. The summed E-state index contributed by atoms with van der Waals surface area (Å²) in [6.45, 7) is 2.30. The van der Waals surface area contributed by atoms with Crippen molar-refractivity contribution in [2.45, 2.75) is 6.92 Å². The van der Waals surface area contributed by atoms with E-state index in [0.29, 0.717) is 28.0 Å². The van der Waals surface area contributed by atoms with Crippen LogP contribution in [-0.2, 0) is 0 Å². The lowest BCUT2D eigenvalue weighted by Crippen LogP contribution is -1.94. The highest BCUT2D eigenvalue weighted by atomic mass is 16.7. The van der Waals surface area contributed by atoms with Crippen molar-refractivity contribution in [3.05, 3.63) is 66.6 Å². The average molecular weight is 396 g/mol. The minimum Gasteiger partial charge on any atom is -0.454 e. The maximum atomic E-state index is 6.13. The smallest absolute Gasteiger partial charge is 0.231 e. The molecule has 5 aromatic rings. The Morgan fingerprint density at radius 1 is 0.833 bits per heavy atom. The van der Waals surface area contributed by atoms with E-state index < -0.39 is 0 Å². The van der Waals surface area contributed by atoms with Gasteiger partial charge in [-0.05, 0) is 42.8 Å². The summed E-state index contributed by atoms with van der Waals surface area (Å²) in [5.74, 6) is 2.08. The number of pyridine rings is 1. The molecule has 30 heavy (non-hydrogen) atoms. The van der Waals surface area contributed by atoms with E-state index in [9.17, 15) is 0 Å². The Morgan fingerprint density at radius 2 is 1.70 bits per heavy atom. The number of nitrogens with one attached hydrogen (secondary N) is 1. The van der Waals surface area contributed by atoms with Gasteiger partial charge in [-0.25, -0.2) is 15.0 Å². The first-order valence-electron chi connectivity index (χ1n) is 9.51. The number of benzene rings is 2. The molecule has 146 valence electrons. The minimum absolute atomic E-state index is 0.245. The first-order chi connectivity index (χ1) is 14.7. The first kappa shape index (κ1) is 16.8. The summed E-state index contributed by atoms with van der Waals surface area (Å²) < 4.78 is 17.0. The maximum absolute atomic E-state index is 6.13. The van der Waals surface area contributed by atoms with E-state index in [2.05, 4.69) is 27.2 Å². The van der Waals surface area contributed by atoms with Gasteiger partial charge in [0.1, 0.15) is 17.4 Å². The molecule has 0 aliphatic carbocycles. The van der Waals surface area contributed by atoms with Crippen molar-refractivity contribution in [1.82, 2.24) is 15.0 Å². The van der Waals surface area contributed by atoms with Crippen LogP contribution in [0.25, 0.3) is 33.3 Å². The highest BCUT2D eigenvalue weighted by molar-refractivity contribution is 6.04. The van der Waals surface area contributed by atoms with E-state index in [1.54, 1.807) is 0 Å². The van der Waals surface area contributed by atoms with Crippen molar-refractivity contribution in [3.63, 3.8) is 0 Å². The topological polar surface area (TPSA) is 82.3 Å². The molecule has 0 amide bonds. The number of anilines is 2. The fraction of sp³-hybridized carbons (Fsp3) is 0.0870. The van der Waals surface area contributed by atoms with E-state index in [0.717, 1.165) is 28.3 Å². The molecule has 3 aromatic heterocycles. The SMILES string of the molecule is Cc1ccc(Nc2ncnc3c2oc2cc(-c4ccc5c(c4)OCO5)cnc23)cc1. The van der Waals surface area contributed by atoms with Crippen LogP contribution < -0.4 is 14.8 Å². The summed E-state index contributed by atoms with van der Waals surface area (Å²) in [5, 5.41) is 3.31. The molecule has 1 aliphatic heterocycles. The van der Waals surface area contributed by atoms with Crippen LogP contribution in [0.5, 0.6) is 11.5 Å². The fourth-order valence-corrected chi connectivity index (χ4v) is 3.55. The summed E-state index contributed by atoms with van der Waals surface area (Å²) in [4.78, 5) is 13.4. The molecule has 0 fully saturated rings. The molecule has 1 N–H and O–H groups in total. The van der Waals surface area contributed by atoms with E-state index in [-0.39, 0.29) is 6.79 Å². The summed E-state index contributed by atoms with van der Waals surface area (Å²) in [6, 6.07) is 15.9. The second kappa shape index (κ2) is 6.45. The number of hydrogen-bond acceptors (Lipinski definition) is 7. The molecule has 0 spiro atoms. The Labute approximate surface area is 171 Å². The lowest BCUT2D eigenvalue weighted by molar-refractivity contribution is 0.174. The van der Waals surface area contributed by atoms with Crippen LogP contribution in [0.4, 0.5) is 11.5 Å². The van der Waals surface area contributed by atoms with Gasteiger partial charge in [0.05, 0.1) is 0 Å². The Hall–Kier alpha value is -4.13. The van der Waals surface area contributed by atoms with Crippen molar-refractivity contribution >= 4 is 33.7 Å². The van der Waals surface area contributed by atoms with Gasteiger partial charge >= 0.3 is 0 Å². The van der Waals surface area contributed by atoms with Crippen LogP contribution in [0, 0.1) is 6.92 Å². The molecule has 0 bridgehead atoms. The number of aryl methyl sites for hydroxylation is 1. The standard InChI is InChI=1S/C23H16N4O3/c1-13-2-5-16(6-3-13)27-23-22-21(25-11-26-23)20-19(30-22)9-15(10-24-20)14-4-7-17-18(8-14)29-12-28-17/h2-11H,12H2,1H3,(H,25,26,27). The highest BCUT2D eigenvalue weighted by Gasteiger charge is 2.17. The summed E-state index contributed by atoms with van der Waals surface area (Å²) in [7, 11) is 0. The molecule has 0 radical (unpaired) electrons. The first-order valence-corrected chi connectivity index (χ1v) is 9.51. The molecule has 0 unspecified atom stereocenters. The third-order valence-electron chi connectivity index (χ3n) is 5.11. The van der Waals surface area contributed by atoms with E-state index in [1.165, 1.54) is 11.9 Å². The predicted molar refractivity (Wildman–Crippen MR) is 113 cm³/mol. The lowest BCUT2D eigenvalue weighted by atomic mass is 10.1. The number of rotatable bonds is 3. The third kappa shape index (κ3) is 2.71. The summed E-state index contributed by atoms with van der Waals surface area (Å²) in [6.07, 6.45) is 3.32. The van der Waals surface area contributed by atoms with Gasteiger partial charge in [-0.3, -0.25) is 0 Å². The Morgan fingerprint density at radius 3 is 2.60 bits per heavy atom. The van der Waals surface area contributed by atoms with Gasteiger partial charge in [0, 0.05) is 17.4 Å². The van der Waals surface area contributed by atoms with Gasteiger partial charge in [0.2, 0.25) is 6.79 Å².